The third-order valence-electron chi connectivity index (χ3n) is 10.4. The van der Waals surface area contributed by atoms with Gasteiger partial charge in [0.25, 0.3) is 0 Å². The lowest BCUT2D eigenvalue weighted by atomic mass is 9.57. The summed E-state index contributed by atoms with van der Waals surface area (Å²) in [5, 5.41) is 22.5. The molecule has 8 heteroatoms. The standard InChI is InChI=1S/C35H43NO7/c1-18-14-19(2)35-26(16-28(40-6)22(5)41-31(18)21(4)37)11-12-27-29(35)30(38)20(3)32(33(27)43-35)42-34(39)24-10-9-23(15-24)25-8-7-13-36-17-25/h7-9,11-15,17-18,20-21,26-33,37-38H,5,10,16H2,1-4,6H3/b19-14+/t18-,20-,21-,26-,27?,28+,29?,30?,31+,32-,33-,35+/m1/s1. The van der Waals surface area contributed by atoms with Crippen LogP contribution in [0, 0.1) is 29.6 Å². The minimum atomic E-state index is -0.841. The van der Waals surface area contributed by atoms with Crippen LogP contribution in [0.3, 0.4) is 0 Å². The van der Waals surface area contributed by atoms with Crippen molar-refractivity contribution in [1.82, 2.24) is 4.98 Å². The highest BCUT2D eigenvalue weighted by atomic mass is 16.6. The molecule has 43 heavy (non-hydrogen) atoms. The topological polar surface area (TPSA) is 107 Å². The summed E-state index contributed by atoms with van der Waals surface area (Å²) < 4.78 is 25.4. The van der Waals surface area contributed by atoms with E-state index in [9.17, 15) is 15.0 Å². The Balaban J connectivity index is 1.33. The smallest absolute Gasteiger partial charge is 0.334 e. The molecule has 2 aliphatic heterocycles. The van der Waals surface area contributed by atoms with Crippen molar-refractivity contribution in [2.75, 3.05) is 7.11 Å². The zero-order chi connectivity index (χ0) is 30.6. The summed E-state index contributed by atoms with van der Waals surface area (Å²) in [4.78, 5) is 17.7. The van der Waals surface area contributed by atoms with Gasteiger partial charge < -0.3 is 29.2 Å². The average Bonchev–Trinajstić information content (AvgIpc) is 3.56. The number of hydrogen-bond donors (Lipinski definition) is 2. The number of ether oxygens (including phenoxy) is 4. The molecular formula is C35H43NO7. The molecule has 1 saturated carbocycles. The third kappa shape index (κ3) is 4.92. The number of carbonyl (C=O) groups excluding carboxylic acids is 1. The fraction of sp³-hybridized carbons (Fsp3) is 0.543. The summed E-state index contributed by atoms with van der Waals surface area (Å²) >= 11 is 0. The van der Waals surface area contributed by atoms with Crippen LogP contribution < -0.4 is 0 Å². The van der Waals surface area contributed by atoms with Gasteiger partial charge in [-0.3, -0.25) is 4.98 Å². The van der Waals surface area contributed by atoms with Gasteiger partial charge in [0.2, 0.25) is 0 Å². The number of pyridine rings is 1. The third-order valence-corrected chi connectivity index (χ3v) is 10.4. The molecule has 1 aromatic heterocycles. The molecule has 6 rings (SSSR count). The number of aliphatic hydroxyl groups excluding tert-OH is 2. The molecular weight excluding hydrogens is 546 g/mol. The SMILES string of the molecule is C=C1O[C@H]([C@@H](C)O)[C@H](C)/C=C(\C)[C@]23O[C@@H]4C(C=C[C@@H]2C[C@@H]1OC)C3C(O)[C@@H](C)[C@H]4OC(=O)C1=CC(c2cccnc2)=CC1. The Hall–Kier alpha value is -3.04. The maximum atomic E-state index is 13.5. The van der Waals surface area contributed by atoms with Crippen LogP contribution in [0.25, 0.3) is 5.57 Å². The van der Waals surface area contributed by atoms with Crippen LogP contribution in [0.4, 0.5) is 0 Å². The van der Waals surface area contributed by atoms with Gasteiger partial charge in [0.05, 0.1) is 12.2 Å². The van der Waals surface area contributed by atoms with Crippen molar-refractivity contribution in [2.24, 2.45) is 29.6 Å². The van der Waals surface area contributed by atoms with E-state index in [1.807, 2.05) is 45.1 Å². The second kappa shape index (κ2) is 11.5. The predicted octanol–water partition coefficient (Wildman–Crippen LogP) is 4.55. The van der Waals surface area contributed by atoms with Gasteiger partial charge in [-0.2, -0.15) is 0 Å². The van der Waals surface area contributed by atoms with Crippen molar-refractivity contribution in [3.05, 3.63) is 84.0 Å². The number of allylic oxidation sites excluding steroid dienone is 3. The van der Waals surface area contributed by atoms with Crippen molar-refractivity contribution in [1.29, 1.82) is 0 Å². The summed E-state index contributed by atoms with van der Waals surface area (Å²) in [7, 11) is 1.63. The minimum Gasteiger partial charge on any atom is -0.489 e. The molecule has 1 spiro atoms. The Morgan fingerprint density at radius 1 is 1.28 bits per heavy atom. The van der Waals surface area contributed by atoms with E-state index >= 15 is 0 Å². The number of rotatable bonds is 5. The van der Waals surface area contributed by atoms with Gasteiger partial charge in [0.1, 0.15) is 35.8 Å². The Bertz CT molecular complexity index is 1380. The lowest BCUT2D eigenvalue weighted by molar-refractivity contribution is -0.165. The molecule has 2 N–H and O–H groups in total. The van der Waals surface area contributed by atoms with Gasteiger partial charge in [0.15, 0.2) is 0 Å². The maximum absolute atomic E-state index is 13.5. The van der Waals surface area contributed by atoms with Gasteiger partial charge in [-0.05, 0) is 55.5 Å². The van der Waals surface area contributed by atoms with E-state index in [0.717, 1.165) is 16.7 Å². The van der Waals surface area contributed by atoms with Gasteiger partial charge in [-0.1, -0.05) is 50.8 Å². The van der Waals surface area contributed by atoms with E-state index in [2.05, 4.69) is 29.8 Å². The van der Waals surface area contributed by atoms with Crippen molar-refractivity contribution >= 4 is 11.5 Å². The molecule has 3 aliphatic carbocycles. The minimum absolute atomic E-state index is 0.128. The summed E-state index contributed by atoms with van der Waals surface area (Å²) in [5.41, 5.74) is 2.60. The second-order valence-electron chi connectivity index (χ2n) is 12.9. The Morgan fingerprint density at radius 3 is 2.77 bits per heavy atom. The van der Waals surface area contributed by atoms with Crippen LogP contribution in [-0.4, -0.2) is 70.5 Å². The highest BCUT2D eigenvalue weighted by molar-refractivity contribution is 5.95. The zero-order valence-corrected chi connectivity index (χ0v) is 25.6. The van der Waals surface area contributed by atoms with Gasteiger partial charge in [0, 0.05) is 54.7 Å². The molecule has 8 nitrogen and oxygen atoms in total. The Kier molecular flexibility index (Phi) is 8.00. The largest absolute Gasteiger partial charge is 0.489 e. The number of nitrogens with zero attached hydrogens (tertiary/aromatic N) is 1. The fourth-order valence-electron chi connectivity index (χ4n) is 8.21. The van der Waals surface area contributed by atoms with Crippen LogP contribution >= 0.6 is 0 Å². The first kappa shape index (κ1) is 30.0. The molecule has 5 aliphatic rings. The maximum Gasteiger partial charge on any atom is 0.334 e. The first-order valence-corrected chi connectivity index (χ1v) is 15.4. The van der Waals surface area contributed by atoms with Crippen LogP contribution in [0.15, 0.2) is 78.4 Å². The Morgan fingerprint density at radius 2 is 2.07 bits per heavy atom. The van der Waals surface area contributed by atoms with Crippen LogP contribution in [0.1, 0.15) is 46.1 Å². The Labute approximate surface area is 253 Å². The molecule has 4 bridgehead atoms. The molecule has 0 amide bonds. The molecule has 1 saturated heterocycles. The summed E-state index contributed by atoms with van der Waals surface area (Å²) in [5.74, 6) is -0.940. The van der Waals surface area contributed by atoms with E-state index < -0.39 is 42.2 Å². The number of aromatic nitrogens is 1. The first-order valence-electron chi connectivity index (χ1n) is 15.4. The zero-order valence-electron chi connectivity index (χ0n) is 25.6. The van der Waals surface area contributed by atoms with Crippen molar-refractivity contribution in [3.63, 3.8) is 0 Å². The van der Waals surface area contributed by atoms with E-state index in [4.69, 9.17) is 18.9 Å². The average molecular weight is 590 g/mol. The fourth-order valence-corrected chi connectivity index (χ4v) is 8.21. The molecule has 3 heterocycles. The molecule has 230 valence electrons. The van der Waals surface area contributed by atoms with Crippen molar-refractivity contribution in [2.45, 2.75) is 82.8 Å². The highest BCUT2D eigenvalue weighted by Crippen LogP contribution is 2.61. The second-order valence-corrected chi connectivity index (χ2v) is 12.9. The monoisotopic (exact) mass is 589 g/mol. The van der Waals surface area contributed by atoms with Crippen molar-refractivity contribution < 1.29 is 34.0 Å². The van der Waals surface area contributed by atoms with E-state index in [0.29, 0.717) is 24.2 Å². The van der Waals surface area contributed by atoms with Crippen LogP contribution in [0.2, 0.25) is 0 Å². The number of methoxy groups -OCH3 is 1. The normalized spacial score (nSPS) is 42.1. The number of esters is 1. The molecule has 2 fully saturated rings. The molecule has 12 atom stereocenters. The number of aliphatic hydroxyl groups is 2. The lowest BCUT2D eigenvalue weighted by Gasteiger charge is -2.49. The van der Waals surface area contributed by atoms with Crippen LogP contribution in [0.5, 0.6) is 0 Å². The number of carbonyl (C=O) groups is 1. The van der Waals surface area contributed by atoms with Gasteiger partial charge in [-0.25, -0.2) is 4.79 Å². The summed E-state index contributed by atoms with van der Waals surface area (Å²) in [6, 6.07) is 3.84. The first-order chi connectivity index (χ1) is 20.6. The molecule has 0 radical (unpaired) electrons. The van der Waals surface area contributed by atoms with E-state index in [1.54, 1.807) is 26.4 Å². The van der Waals surface area contributed by atoms with Gasteiger partial charge >= 0.3 is 5.97 Å². The molecule has 0 aromatic carbocycles. The predicted molar refractivity (Wildman–Crippen MR) is 161 cm³/mol. The number of hydrogen-bond acceptors (Lipinski definition) is 8. The van der Waals surface area contributed by atoms with E-state index in [1.165, 1.54) is 0 Å². The highest BCUT2D eigenvalue weighted by Gasteiger charge is 2.69. The summed E-state index contributed by atoms with van der Waals surface area (Å²) in [6.45, 7) is 11.9. The van der Waals surface area contributed by atoms with Crippen molar-refractivity contribution in [3.8, 4) is 0 Å². The molecule has 3 unspecified atom stereocenters. The lowest BCUT2D eigenvalue weighted by Crippen LogP contribution is -2.57. The molecule has 1 aromatic rings. The quantitative estimate of drug-likeness (QED) is 0.381. The summed E-state index contributed by atoms with van der Waals surface area (Å²) in [6.07, 6.45) is 11.3. The van der Waals surface area contributed by atoms with Crippen LogP contribution in [-0.2, 0) is 23.7 Å². The van der Waals surface area contributed by atoms with Gasteiger partial charge in [-0.15, -0.1) is 0 Å². The van der Waals surface area contributed by atoms with E-state index in [-0.39, 0.29) is 35.6 Å².